The smallest absolute Gasteiger partial charge is 0.256 e. The lowest BCUT2D eigenvalue weighted by molar-refractivity contribution is -0.157. The van der Waals surface area contributed by atoms with E-state index in [0.29, 0.717) is 12.3 Å². The van der Waals surface area contributed by atoms with E-state index in [0.717, 1.165) is 26.5 Å². The number of nitrogens with one attached hydrogen (secondary N) is 4. The first kappa shape index (κ1) is 84.2. The molecule has 1 heterocycles. The van der Waals surface area contributed by atoms with Crippen molar-refractivity contribution in [3.63, 3.8) is 0 Å². The van der Waals surface area contributed by atoms with Crippen LogP contribution in [0.25, 0.3) is 0 Å². The van der Waals surface area contributed by atoms with E-state index in [9.17, 15) is 34.2 Å². The summed E-state index contributed by atoms with van der Waals surface area (Å²) in [6.07, 6.45) is 2.34. The number of nitrogens with zero attached hydrogens (tertiary/aromatic N) is 8. The minimum Gasteiger partial charge on any atom is -0.390 e. The van der Waals surface area contributed by atoms with E-state index in [1.165, 1.54) is 96.6 Å². The van der Waals surface area contributed by atoms with Gasteiger partial charge >= 0.3 is 0 Å². The van der Waals surface area contributed by atoms with Crippen LogP contribution in [0.3, 0.4) is 0 Å². The van der Waals surface area contributed by atoms with Crippen LogP contribution in [0.1, 0.15) is 156 Å². The van der Waals surface area contributed by atoms with Crippen LogP contribution >= 0.6 is 11.8 Å². The lowest BCUT2D eigenvalue weighted by Crippen LogP contribution is -2.64. The van der Waals surface area contributed by atoms with Crippen LogP contribution in [0.5, 0.6) is 0 Å². The molecule has 1 aliphatic rings. The van der Waals surface area contributed by atoms with Crippen molar-refractivity contribution in [3.05, 3.63) is 12.2 Å². The van der Waals surface area contributed by atoms with E-state index < -0.39 is 160 Å². The molecule has 25 nitrogen and oxygen atoms in total. The fraction of sp³-hybridized carbons (Fsp3) is 0.803. The van der Waals surface area contributed by atoms with Gasteiger partial charge in [0, 0.05) is 68.1 Å². The molecule has 0 aliphatic carbocycles. The lowest BCUT2D eigenvalue weighted by Gasteiger charge is -2.41. The van der Waals surface area contributed by atoms with Gasteiger partial charge in [-0.1, -0.05) is 95.2 Å². The predicted molar refractivity (Wildman–Crippen MR) is 360 cm³/mol. The molecule has 92 heavy (non-hydrogen) atoms. The summed E-state index contributed by atoms with van der Waals surface area (Å²) in [6, 6.07) is -13.1. The molecule has 0 bridgehead atoms. The van der Waals surface area contributed by atoms with Crippen molar-refractivity contribution in [3.8, 4) is 0 Å². The summed E-state index contributed by atoms with van der Waals surface area (Å²) in [6.45, 7) is 29.3. The molecule has 0 saturated carbocycles. The summed E-state index contributed by atoms with van der Waals surface area (Å²) in [5.74, 6) is -10.1. The highest BCUT2D eigenvalue weighted by Gasteiger charge is 2.47. The third-order valence-electron chi connectivity index (χ3n) is 17.0. The van der Waals surface area contributed by atoms with Crippen LogP contribution in [-0.2, 0) is 52.7 Å². The summed E-state index contributed by atoms with van der Waals surface area (Å²) < 4.78 is 0. The molecule has 1 rings (SSSR count). The molecule has 0 unspecified atom stereocenters. The van der Waals surface area contributed by atoms with Crippen molar-refractivity contribution in [1.82, 2.24) is 60.5 Å². The summed E-state index contributed by atoms with van der Waals surface area (Å²) in [4.78, 5) is 174. The molecule has 0 aromatic carbocycles. The molecular weight excluding hydrogens is 1200 g/mol. The number of carbonyl (C=O) groups is 11. The lowest BCUT2D eigenvalue weighted by atomic mass is 9.91. The van der Waals surface area contributed by atoms with Crippen LogP contribution in [0, 0.1) is 35.5 Å². The molecule has 0 radical (unpaired) electrons. The van der Waals surface area contributed by atoms with Crippen LogP contribution in [0.2, 0.25) is 0 Å². The van der Waals surface area contributed by atoms with Gasteiger partial charge in [0.05, 0.1) is 11.7 Å². The second kappa shape index (κ2) is 37.9. The van der Waals surface area contributed by atoms with Crippen LogP contribution in [-0.4, -0.2) is 268 Å². The highest BCUT2D eigenvalue weighted by Crippen LogP contribution is 2.28. The SMILES string of the molecule is C/C=C/C[C@H](C)[C@H](O)[C@@H]1C(=O)N[C@H](CC)C(=O)N(C)[C@@H](SCCN(C)C)C(=O)N(C)[C@H](CC(C)(C)O)C(=O)N[C@H](C(C)C)C(=O)N(C)[C@H](CC(C)C)C(=O)N[C@H](C)C(=O)N[C@@H](C)C(=O)N(C)[C@H](CC(C)C)C(=O)N(C)[C@H](CC(C)C)C(=O)N(C)[C@H](C(C)C)C(=O)N1C. The Morgan fingerprint density at radius 3 is 1.42 bits per heavy atom. The fourth-order valence-corrected chi connectivity index (χ4v) is 12.6. The van der Waals surface area contributed by atoms with Gasteiger partial charge in [-0.2, -0.15) is 0 Å². The summed E-state index contributed by atoms with van der Waals surface area (Å²) in [5, 5.41) is 33.2. The molecule has 6 N–H and O–H groups in total. The van der Waals surface area contributed by atoms with Gasteiger partial charge in [-0.15, -0.1) is 11.8 Å². The number of aliphatic hydroxyl groups is 2. The van der Waals surface area contributed by atoms with Gasteiger partial charge in [-0.25, -0.2) is 0 Å². The number of likely N-dealkylation sites (N-methyl/N-ethyl adjacent to an activating group) is 7. The number of hydrogen-bond donors (Lipinski definition) is 6. The van der Waals surface area contributed by atoms with E-state index in [1.807, 2.05) is 60.5 Å². The highest BCUT2D eigenvalue weighted by atomic mass is 32.2. The third kappa shape index (κ3) is 24.2. The van der Waals surface area contributed by atoms with E-state index >= 15 is 28.8 Å². The first-order valence-corrected chi connectivity index (χ1v) is 33.7. The predicted octanol–water partition coefficient (Wildman–Crippen LogP) is 3.00. The first-order chi connectivity index (χ1) is 42.3. The molecule has 13 atom stereocenters. The zero-order valence-corrected chi connectivity index (χ0v) is 61.4. The van der Waals surface area contributed by atoms with E-state index in [1.54, 1.807) is 60.6 Å². The molecule has 26 heteroatoms. The minimum absolute atomic E-state index is 0.0323. The number of rotatable bonds is 19. The maximum atomic E-state index is 15.3. The molecule has 11 amide bonds. The number of amides is 11. The van der Waals surface area contributed by atoms with Gasteiger partial charge in [0.25, 0.3) is 5.91 Å². The maximum absolute atomic E-state index is 15.3. The van der Waals surface area contributed by atoms with Crippen molar-refractivity contribution in [2.45, 2.75) is 234 Å². The first-order valence-electron chi connectivity index (χ1n) is 32.7. The second-order valence-corrected chi connectivity index (χ2v) is 29.4. The van der Waals surface area contributed by atoms with Crippen LogP contribution in [0.4, 0.5) is 0 Å². The van der Waals surface area contributed by atoms with E-state index in [4.69, 9.17) is 0 Å². The number of allylic oxidation sites excluding steroid dienone is 2. The number of thioether (sulfide) groups is 1. The summed E-state index contributed by atoms with van der Waals surface area (Å²) >= 11 is 1.09. The Kier molecular flexibility index (Phi) is 34.7. The molecular formula is C66H120N12O13S. The molecule has 528 valence electrons. The van der Waals surface area contributed by atoms with Gasteiger partial charge in [0.15, 0.2) is 5.37 Å². The number of carbonyl (C=O) groups excluding carboxylic acids is 11. The molecule has 0 aromatic rings. The molecule has 0 spiro atoms. The zero-order chi connectivity index (χ0) is 71.5. The Morgan fingerprint density at radius 2 is 0.967 bits per heavy atom. The standard InChI is InChI=1S/C66H120N12O13S/c1-27-29-30-42(13)53(79)52-57(83)69-45(28-2)59(85)78(26)65(92-32-31-71(18)19)64(90)75(23)49(36-66(16,17)91)56(82)70-50(40(9)10)62(88)72(20)46(33-37(3)4)55(81)67-43(14)54(80)68-44(15)58(84)73(21)47(34-38(5)6)60(86)74(22)48(35-39(7)8)61(87)76(24)51(41(11)12)63(89)77(52)25/h27,29,37-53,65,79,91H,28,30-36H2,1-26H3,(H,67,81)(H,68,80)(H,69,83)(H,70,82)/b29-27+/t42-,43+,44-,45+,46+,47+,48+,49+,50+,51+,52+,53-,65-/m0/s1. The van der Waals surface area contributed by atoms with E-state index in [2.05, 4.69) is 21.3 Å². The Morgan fingerprint density at radius 1 is 0.522 bits per heavy atom. The Bertz CT molecular complexity index is 2520. The van der Waals surface area contributed by atoms with Crippen molar-refractivity contribution in [2.24, 2.45) is 35.5 Å². The molecule has 0 aromatic heterocycles. The quantitative estimate of drug-likeness (QED) is 0.101. The van der Waals surface area contributed by atoms with Crippen molar-refractivity contribution < 1.29 is 63.0 Å². The van der Waals surface area contributed by atoms with Gasteiger partial charge < -0.3 is 70.7 Å². The van der Waals surface area contributed by atoms with E-state index in [-0.39, 0.29) is 56.3 Å². The molecule has 1 fully saturated rings. The fourth-order valence-electron chi connectivity index (χ4n) is 11.2. The molecule has 1 aliphatic heterocycles. The van der Waals surface area contributed by atoms with Gasteiger partial charge in [0.2, 0.25) is 59.1 Å². The van der Waals surface area contributed by atoms with Crippen LogP contribution in [0.15, 0.2) is 12.2 Å². The van der Waals surface area contributed by atoms with Gasteiger partial charge in [-0.05, 0) is 116 Å². The van der Waals surface area contributed by atoms with Crippen molar-refractivity contribution in [2.75, 3.05) is 75.7 Å². The van der Waals surface area contributed by atoms with Crippen molar-refractivity contribution >= 4 is 76.7 Å². The monoisotopic (exact) mass is 1320 g/mol. The van der Waals surface area contributed by atoms with Crippen molar-refractivity contribution in [1.29, 1.82) is 0 Å². The third-order valence-corrected chi connectivity index (χ3v) is 18.3. The van der Waals surface area contributed by atoms with Gasteiger partial charge in [0.1, 0.15) is 60.4 Å². The zero-order valence-electron chi connectivity index (χ0n) is 60.6. The average molecular weight is 1320 g/mol. The minimum atomic E-state index is -1.66. The Hall–Kier alpha value is -5.86. The largest absolute Gasteiger partial charge is 0.390 e. The summed E-state index contributed by atoms with van der Waals surface area (Å²) in [5.41, 5.74) is -1.58. The normalized spacial score (nSPS) is 26.8. The summed E-state index contributed by atoms with van der Waals surface area (Å²) in [7, 11) is 13.5. The highest BCUT2D eigenvalue weighted by molar-refractivity contribution is 8.00. The van der Waals surface area contributed by atoms with Crippen LogP contribution < -0.4 is 21.3 Å². The topological polar surface area (TPSA) is 302 Å². The number of hydrogen-bond acceptors (Lipinski definition) is 15. The maximum Gasteiger partial charge on any atom is 0.256 e. The second-order valence-electron chi connectivity index (χ2n) is 28.2. The Balaban J connectivity index is 4.55. The average Bonchev–Trinajstić information content (AvgIpc) is 0.830. The number of aliphatic hydroxyl groups excluding tert-OH is 1. The Labute approximate surface area is 555 Å². The van der Waals surface area contributed by atoms with Gasteiger partial charge in [-0.3, -0.25) is 52.7 Å². The molecule has 1 saturated heterocycles.